The van der Waals surface area contributed by atoms with E-state index in [1.165, 1.54) is 16.7 Å². The van der Waals surface area contributed by atoms with Crippen molar-refractivity contribution in [2.45, 2.75) is 38.0 Å². The zero-order valence-electron chi connectivity index (χ0n) is 15.1. The summed E-state index contributed by atoms with van der Waals surface area (Å²) in [4.78, 5) is 2.58. The third-order valence-electron chi connectivity index (χ3n) is 5.51. The summed E-state index contributed by atoms with van der Waals surface area (Å²) >= 11 is 0. The van der Waals surface area contributed by atoms with Gasteiger partial charge in [-0.05, 0) is 54.7 Å². The Morgan fingerprint density at radius 1 is 1.16 bits per heavy atom. The Morgan fingerprint density at radius 2 is 2.00 bits per heavy atom. The molecule has 4 heteroatoms. The Balaban J connectivity index is 1.45. The van der Waals surface area contributed by atoms with Crippen LogP contribution in [-0.4, -0.2) is 56.6 Å². The molecule has 0 saturated carbocycles. The highest BCUT2D eigenvalue weighted by Crippen LogP contribution is 2.26. The zero-order valence-corrected chi connectivity index (χ0v) is 15.1. The normalized spacial score (nSPS) is 29.4. The molecule has 0 radical (unpaired) electrons. The van der Waals surface area contributed by atoms with Gasteiger partial charge in [0.15, 0.2) is 0 Å². The molecule has 1 fully saturated rings. The van der Waals surface area contributed by atoms with Gasteiger partial charge in [-0.1, -0.05) is 18.2 Å². The topological polar surface area (TPSA) is 30.9 Å². The third kappa shape index (κ3) is 3.66. The summed E-state index contributed by atoms with van der Waals surface area (Å²) in [6.07, 6.45) is 8.94. The standard InChI is InChI=1S/C21H27NO3/c1-15-11-17-4-5-19(23-2)13-18(17)7-8-22(15)14-16-3-6-20-21(12-16)25-10-9-24-20/h3-6,12-13,15,20-21H,7-11,14H2,1-2H3. The van der Waals surface area contributed by atoms with E-state index < -0.39 is 0 Å². The molecule has 3 unspecified atom stereocenters. The minimum absolute atomic E-state index is 0.0810. The van der Waals surface area contributed by atoms with Crippen LogP contribution in [0.2, 0.25) is 0 Å². The van der Waals surface area contributed by atoms with Crippen LogP contribution < -0.4 is 4.74 Å². The van der Waals surface area contributed by atoms with Crippen molar-refractivity contribution in [1.82, 2.24) is 4.90 Å². The van der Waals surface area contributed by atoms with E-state index in [1.807, 2.05) is 0 Å². The van der Waals surface area contributed by atoms with Crippen LogP contribution >= 0.6 is 0 Å². The molecule has 0 bridgehead atoms. The summed E-state index contributed by atoms with van der Waals surface area (Å²) in [5.74, 6) is 0.957. The van der Waals surface area contributed by atoms with E-state index in [0.717, 1.165) is 31.7 Å². The lowest BCUT2D eigenvalue weighted by Gasteiger charge is -2.33. The average molecular weight is 341 g/mol. The second kappa shape index (κ2) is 7.32. The van der Waals surface area contributed by atoms with Gasteiger partial charge in [0.1, 0.15) is 18.0 Å². The van der Waals surface area contributed by atoms with Crippen molar-refractivity contribution in [2.24, 2.45) is 0 Å². The predicted molar refractivity (Wildman–Crippen MR) is 98.1 cm³/mol. The number of benzene rings is 1. The van der Waals surface area contributed by atoms with Crippen molar-refractivity contribution in [3.8, 4) is 5.75 Å². The van der Waals surface area contributed by atoms with Gasteiger partial charge in [-0.15, -0.1) is 0 Å². The van der Waals surface area contributed by atoms with E-state index >= 15 is 0 Å². The monoisotopic (exact) mass is 341 g/mol. The molecule has 1 aliphatic carbocycles. The number of nitrogens with zero attached hydrogens (tertiary/aromatic N) is 1. The van der Waals surface area contributed by atoms with E-state index in [-0.39, 0.29) is 12.2 Å². The molecule has 2 aliphatic heterocycles. The molecule has 134 valence electrons. The van der Waals surface area contributed by atoms with Crippen molar-refractivity contribution >= 4 is 0 Å². The summed E-state index contributed by atoms with van der Waals surface area (Å²) < 4.78 is 17.0. The van der Waals surface area contributed by atoms with Crippen molar-refractivity contribution in [3.63, 3.8) is 0 Å². The van der Waals surface area contributed by atoms with Gasteiger partial charge in [-0.3, -0.25) is 4.90 Å². The Bertz CT molecular complexity index is 682. The SMILES string of the molecule is COc1ccc2c(c1)CCN(CC1=CC3OCCOC3C=C1)C(C)C2. The quantitative estimate of drug-likeness (QED) is 0.846. The highest BCUT2D eigenvalue weighted by molar-refractivity contribution is 5.37. The maximum atomic E-state index is 5.84. The lowest BCUT2D eigenvalue weighted by molar-refractivity contribution is -0.102. The highest BCUT2D eigenvalue weighted by Gasteiger charge is 2.27. The van der Waals surface area contributed by atoms with Crippen LogP contribution in [0, 0.1) is 0 Å². The van der Waals surface area contributed by atoms with Crippen LogP contribution in [0.25, 0.3) is 0 Å². The predicted octanol–water partition coefficient (Wildman–Crippen LogP) is 2.76. The third-order valence-corrected chi connectivity index (χ3v) is 5.51. The van der Waals surface area contributed by atoms with Crippen LogP contribution in [-0.2, 0) is 22.3 Å². The average Bonchev–Trinajstić information content (AvgIpc) is 2.80. The maximum absolute atomic E-state index is 5.84. The fourth-order valence-corrected chi connectivity index (χ4v) is 4.02. The van der Waals surface area contributed by atoms with Crippen molar-refractivity contribution in [3.05, 3.63) is 53.1 Å². The fraction of sp³-hybridized carbons (Fsp3) is 0.524. The van der Waals surface area contributed by atoms with E-state index in [2.05, 4.69) is 48.3 Å². The molecule has 0 amide bonds. The molecule has 1 aromatic carbocycles. The van der Waals surface area contributed by atoms with Gasteiger partial charge in [0.05, 0.1) is 20.3 Å². The molecule has 2 heterocycles. The minimum Gasteiger partial charge on any atom is -0.497 e. The number of fused-ring (bicyclic) bond motifs is 2. The smallest absolute Gasteiger partial charge is 0.119 e. The number of ether oxygens (including phenoxy) is 3. The first-order valence-electron chi connectivity index (χ1n) is 9.25. The Kier molecular flexibility index (Phi) is 4.93. The lowest BCUT2D eigenvalue weighted by atomic mass is 9.99. The molecular formula is C21H27NO3. The molecule has 1 aromatic rings. The molecular weight excluding hydrogens is 314 g/mol. The molecule has 0 aromatic heterocycles. The van der Waals surface area contributed by atoms with Gasteiger partial charge in [-0.25, -0.2) is 0 Å². The molecule has 3 atom stereocenters. The molecule has 1 saturated heterocycles. The molecule has 0 N–H and O–H groups in total. The summed E-state index contributed by atoms with van der Waals surface area (Å²) in [6, 6.07) is 7.02. The first kappa shape index (κ1) is 16.8. The van der Waals surface area contributed by atoms with Crippen LogP contribution in [0.15, 0.2) is 42.0 Å². The van der Waals surface area contributed by atoms with Crippen molar-refractivity contribution < 1.29 is 14.2 Å². The Morgan fingerprint density at radius 3 is 2.84 bits per heavy atom. The van der Waals surface area contributed by atoms with Gasteiger partial charge in [-0.2, -0.15) is 0 Å². The molecule has 4 nitrogen and oxygen atoms in total. The number of rotatable bonds is 3. The van der Waals surface area contributed by atoms with Gasteiger partial charge >= 0.3 is 0 Å². The number of hydrogen-bond acceptors (Lipinski definition) is 4. The van der Waals surface area contributed by atoms with Gasteiger partial charge < -0.3 is 14.2 Å². The van der Waals surface area contributed by atoms with Crippen LogP contribution in [0.1, 0.15) is 18.1 Å². The van der Waals surface area contributed by atoms with Gasteiger partial charge in [0.2, 0.25) is 0 Å². The van der Waals surface area contributed by atoms with Crippen LogP contribution in [0.3, 0.4) is 0 Å². The maximum Gasteiger partial charge on any atom is 0.119 e. The van der Waals surface area contributed by atoms with Gasteiger partial charge in [0.25, 0.3) is 0 Å². The molecule has 4 rings (SSSR count). The second-order valence-corrected chi connectivity index (χ2v) is 7.18. The van der Waals surface area contributed by atoms with E-state index in [9.17, 15) is 0 Å². The lowest BCUT2D eigenvalue weighted by Crippen LogP contribution is -2.40. The second-order valence-electron chi connectivity index (χ2n) is 7.18. The van der Waals surface area contributed by atoms with E-state index in [1.54, 1.807) is 7.11 Å². The van der Waals surface area contributed by atoms with Gasteiger partial charge in [0, 0.05) is 19.1 Å². The number of methoxy groups -OCH3 is 1. The number of hydrogen-bond donors (Lipinski definition) is 0. The summed E-state index contributed by atoms with van der Waals surface area (Å²) in [6.45, 7) is 5.75. The van der Waals surface area contributed by atoms with Crippen LogP contribution in [0.5, 0.6) is 5.75 Å². The molecule has 3 aliphatic rings. The van der Waals surface area contributed by atoms with E-state index in [4.69, 9.17) is 14.2 Å². The van der Waals surface area contributed by atoms with Crippen molar-refractivity contribution in [1.29, 1.82) is 0 Å². The van der Waals surface area contributed by atoms with Crippen LogP contribution in [0.4, 0.5) is 0 Å². The Hall–Kier alpha value is -1.62. The first-order chi connectivity index (χ1) is 12.2. The first-order valence-corrected chi connectivity index (χ1v) is 9.25. The fourth-order valence-electron chi connectivity index (χ4n) is 4.02. The molecule has 25 heavy (non-hydrogen) atoms. The van der Waals surface area contributed by atoms with E-state index in [0.29, 0.717) is 19.3 Å². The highest BCUT2D eigenvalue weighted by atomic mass is 16.6. The minimum atomic E-state index is 0.0810. The Labute approximate surface area is 150 Å². The van der Waals surface area contributed by atoms with Crippen molar-refractivity contribution in [2.75, 3.05) is 33.4 Å². The summed E-state index contributed by atoms with van der Waals surface area (Å²) in [5.41, 5.74) is 4.21. The largest absolute Gasteiger partial charge is 0.497 e. The zero-order chi connectivity index (χ0) is 17.2. The summed E-state index contributed by atoms with van der Waals surface area (Å²) in [7, 11) is 1.74. The summed E-state index contributed by atoms with van der Waals surface area (Å²) in [5, 5.41) is 0. The molecule has 0 spiro atoms.